The van der Waals surface area contributed by atoms with E-state index in [9.17, 15) is 4.79 Å². The van der Waals surface area contributed by atoms with Crippen molar-refractivity contribution in [2.75, 3.05) is 14.2 Å². The minimum Gasteiger partial charge on any atom is -0.503 e. The summed E-state index contributed by atoms with van der Waals surface area (Å²) in [6.07, 6.45) is 1.30. The van der Waals surface area contributed by atoms with Crippen molar-refractivity contribution >= 4 is 11.5 Å². The van der Waals surface area contributed by atoms with Gasteiger partial charge >= 0.3 is 5.97 Å². The fourth-order valence-electron chi connectivity index (χ4n) is 1.85. The maximum atomic E-state index is 11.9. The minimum atomic E-state index is -0.534. The normalized spacial score (nSPS) is 10.8. The number of esters is 1. The molecule has 1 aromatic heterocycles. The van der Waals surface area contributed by atoms with Crippen LogP contribution in [0.15, 0.2) is 41.1 Å². The van der Waals surface area contributed by atoms with Crippen LogP contribution in [0.4, 0.5) is 0 Å². The van der Waals surface area contributed by atoms with Crippen LogP contribution in [0.3, 0.4) is 0 Å². The number of methoxy groups -OCH3 is 2. The van der Waals surface area contributed by atoms with Crippen molar-refractivity contribution in [3.8, 4) is 17.3 Å². The fourth-order valence-corrected chi connectivity index (χ4v) is 1.85. The first-order chi connectivity index (χ1) is 10.2. The molecule has 6 heteroatoms. The third kappa shape index (κ3) is 2.92. The van der Waals surface area contributed by atoms with E-state index in [4.69, 9.17) is 19.3 Å². The second-order valence-corrected chi connectivity index (χ2v) is 3.99. The molecule has 1 aromatic carbocycles. The van der Waals surface area contributed by atoms with Crippen LogP contribution in [0.1, 0.15) is 11.3 Å². The van der Waals surface area contributed by atoms with Crippen LogP contribution in [-0.4, -0.2) is 25.3 Å². The number of nitriles is 1. The van der Waals surface area contributed by atoms with Crippen LogP contribution in [0.2, 0.25) is 0 Å². The highest BCUT2D eigenvalue weighted by Gasteiger charge is 2.19. The first-order valence-corrected chi connectivity index (χ1v) is 5.99. The van der Waals surface area contributed by atoms with Gasteiger partial charge < -0.3 is 14.0 Å². The molecule has 0 spiro atoms. The Hall–Kier alpha value is -3.07. The van der Waals surface area contributed by atoms with Crippen LogP contribution in [0.25, 0.3) is 16.8 Å². The Balaban J connectivity index is 2.57. The lowest BCUT2D eigenvalue weighted by atomic mass is 9.98. The summed E-state index contributed by atoms with van der Waals surface area (Å²) >= 11 is 0. The van der Waals surface area contributed by atoms with E-state index < -0.39 is 5.97 Å². The van der Waals surface area contributed by atoms with E-state index in [-0.39, 0.29) is 11.3 Å². The zero-order chi connectivity index (χ0) is 15.2. The molecule has 0 radical (unpaired) electrons. The second kappa shape index (κ2) is 6.39. The molecule has 0 N–H and O–H groups in total. The Kier molecular flexibility index (Phi) is 4.36. The Morgan fingerprint density at radius 2 is 2.14 bits per heavy atom. The molecule has 0 saturated heterocycles. The van der Waals surface area contributed by atoms with Crippen LogP contribution in [-0.2, 0) is 14.3 Å². The van der Waals surface area contributed by atoms with E-state index in [1.54, 1.807) is 24.3 Å². The minimum absolute atomic E-state index is 0.0927. The van der Waals surface area contributed by atoms with Gasteiger partial charge in [-0.1, -0.05) is 29.4 Å². The van der Waals surface area contributed by atoms with E-state index in [2.05, 4.69) is 5.16 Å². The van der Waals surface area contributed by atoms with E-state index in [1.807, 2.05) is 6.07 Å². The summed E-state index contributed by atoms with van der Waals surface area (Å²) in [6.45, 7) is 0. The summed E-state index contributed by atoms with van der Waals surface area (Å²) in [6, 6.07) is 10.4. The van der Waals surface area contributed by atoms with E-state index in [0.717, 1.165) is 0 Å². The van der Waals surface area contributed by atoms with Crippen LogP contribution in [0.5, 0.6) is 0 Å². The Morgan fingerprint density at radius 3 is 2.76 bits per heavy atom. The summed E-state index contributed by atoms with van der Waals surface area (Å²) < 4.78 is 14.6. The zero-order valence-electron chi connectivity index (χ0n) is 11.5. The average molecular weight is 284 g/mol. The van der Waals surface area contributed by atoms with Gasteiger partial charge in [0.15, 0.2) is 0 Å². The molecule has 2 rings (SSSR count). The van der Waals surface area contributed by atoms with E-state index in [1.165, 1.54) is 26.5 Å². The first-order valence-electron chi connectivity index (χ1n) is 5.99. The van der Waals surface area contributed by atoms with Crippen LogP contribution < -0.4 is 0 Å². The van der Waals surface area contributed by atoms with Gasteiger partial charge in [-0.25, -0.2) is 4.79 Å². The first kappa shape index (κ1) is 14.3. The fraction of sp³-hybridized carbons (Fsp3) is 0.133. The van der Waals surface area contributed by atoms with Crippen molar-refractivity contribution in [1.82, 2.24) is 5.16 Å². The molecule has 6 nitrogen and oxygen atoms in total. The van der Waals surface area contributed by atoms with Gasteiger partial charge in [0.05, 0.1) is 20.5 Å². The summed E-state index contributed by atoms with van der Waals surface area (Å²) in [4.78, 5) is 11.9. The van der Waals surface area contributed by atoms with E-state index in [0.29, 0.717) is 16.8 Å². The lowest BCUT2D eigenvalue weighted by Gasteiger charge is -2.09. The predicted octanol–water partition coefficient (Wildman–Crippen LogP) is 2.37. The van der Waals surface area contributed by atoms with Crippen LogP contribution >= 0.6 is 0 Å². The van der Waals surface area contributed by atoms with Crippen molar-refractivity contribution in [2.45, 2.75) is 0 Å². The number of hydrogen-bond donors (Lipinski definition) is 0. The molecule has 0 aliphatic carbocycles. The predicted molar refractivity (Wildman–Crippen MR) is 73.7 cm³/mol. The quantitative estimate of drug-likeness (QED) is 0.487. The molecule has 0 fully saturated rings. The maximum absolute atomic E-state index is 11.9. The Morgan fingerprint density at radius 1 is 1.38 bits per heavy atom. The lowest BCUT2D eigenvalue weighted by molar-refractivity contribution is -0.133. The van der Waals surface area contributed by atoms with Gasteiger partial charge in [0.1, 0.15) is 17.3 Å². The van der Waals surface area contributed by atoms with Gasteiger partial charge in [-0.15, -0.1) is 0 Å². The number of hydrogen-bond acceptors (Lipinski definition) is 6. The summed E-state index contributed by atoms with van der Waals surface area (Å²) in [5.41, 5.74) is 1.91. The highest BCUT2D eigenvalue weighted by atomic mass is 16.5. The lowest BCUT2D eigenvalue weighted by Crippen LogP contribution is -2.05. The Labute approximate surface area is 121 Å². The number of carbonyl (C=O) groups is 1. The monoisotopic (exact) mass is 284 g/mol. The Bertz CT molecular complexity index is 725. The smallest absolute Gasteiger partial charge is 0.341 e. The summed E-state index contributed by atoms with van der Waals surface area (Å²) in [5, 5.41) is 12.6. The molecule has 0 amide bonds. The molecular formula is C15H12N2O4. The average Bonchev–Trinajstić information content (AvgIpc) is 3.01. The number of carbonyl (C=O) groups excluding carboxylic acids is 1. The number of rotatable bonds is 4. The van der Waals surface area contributed by atoms with Crippen molar-refractivity contribution in [1.29, 1.82) is 5.26 Å². The van der Waals surface area contributed by atoms with Gasteiger partial charge in [0.2, 0.25) is 5.76 Å². The standard InChI is InChI=1S/C15H12N2O4/c1-19-9-13(15(18)20-2)11-5-3-4-6-12(11)14-7-10(8-16)21-17-14/h3-7,9H,1-2H3/b13-9-. The van der Waals surface area contributed by atoms with Crippen molar-refractivity contribution in [3.05, 3.63) is 47.9 Å². The molecule has 106 valence electrons. The van der Waals surface area contributed by atoms with Crippen molar-refractivity contribution in [2.24, 2.45) is 0 Å². The number of nitrogens with zero attached hydrogens (tertiary/aromatic N) is 2. The van der Waals surface area contributed by atoms with Gasteiger partial charge in [-0.2, -0.15) is 5.26 Å². The van der Waals surface area contributed by atoms with Crippen molar-refractivity contribution in [3.63, 3.8) is 0 Å². The molecule has 0 bridgehead atoms. The molecule has 1 heterocycles. The molecule has 21 heavy (non-hydrogen) atoms. The highest BCUT2D eigenvalue weighted by molar-refractivity contribution is 6.17. The van der Waals surface area contributed by atoms with Gasteiger partial charge in [-0.3, -0.25) is 0 Å². The third-order valence-corrected chi connectivity index (χ3v) is 2.75. The number of ether oxygens (including phenoxy) is 2. The van der Waals surface area contributed by atoms with Crippen LogP contribution in [0, 0.1) is 11.3 Å². The van der Waals surface area contributed by atoms with E-state index >= 15 is 0 Å². The molecule has 0 saturated carbocycles. The topological polar surface area (TPSA) is 85.4 Å². The molecule has 0 atom stereocenters. The number of benzene rings is 1. The molecule has 0 unspecified atom stereocenters. The SMILES string of the molecule is CO/C=C(\C(=O)OC)c1ccccc1-c1cc(C#N)on1. The second-order valence-electron chi connectivity index (χ2n) is 3.99. The van der Waals surface area contributed by atoms with Gasteiger partial charge in [-0.05, 0) is 0 Å². The molecule has 0 aliphatic rings. The van der Waals surface area contributed by atoms with Gasteiger partial charge in [0, 0.05) is 17.2 Å². The molecule has 2 aromatic rings. The van der Waals surface area contributed by atoms with Gasteiger partial charge in [0.25, 0.3) is 0 Å². The maximum Gasteiger partial charge on any atom is 0.341 e. The summed E-state index contributed by atoms with van der Waals surface area (Å²) in [5.74, 6) is -0.441. The molecule has 0 aliphatic heterocycles. The number of aromatic nitrogens is 1. The van der Waals surface area contributed by atoms with Crippen molar-refractivity contribution < 1.29 is 18.8 Å². The third-order valence-electron chi connectivity index (χ3n) is 2.75. The summed E-state index contributed by atoms with van der Waals surface area (Å²) in [7, 11) is 2.73. The zero-order valence-corrected chi connectivity index (χ0v) is 11.5. The highest BCUT2D eigenvalue weighted by Crippen LogP contribution is 2.29. The largest absolute Gasteiger partial charge is 0.503 e. The molecular weight excluding hydrogens is 272 g/mol.